The van der Waals surface area contributed by atoms with E-state index in [1.54, 1.807) is 26.2 Å². The Labute approximate surface area is 140 Å². The zero-order chi connectivity index (χ0) is 17.7. The van der Waals surface area contributed by atoms with Gasteiger partial charge in [0.1, 0.15) is 5.75 Å². The predicted octanol–water partition coefficient (Wildman–Crippen LogP) is 0.426. The lowest BCUT2D eigenvalue weighted by molar-refractivity contribution is -0.130. The Bertz CT molecular complexity index is 645. The number of ether oxygens (including phenoxy) is 1. The fourth-order valence-electron chi connectivity index (χ4n) is 2.14. The lowest BCUT2D eigenvalue weighted by Gasteiger charge is -2.17. The van der Waals surface area contributed by atoms with Crippen LogP contribution in [0.15, 0.2) is 18.2 Å². The Kier molecular flexibility index (Phi) is 5.62. The van der Waals surface area contributed by atoms with Gasteiger partial charge in [-0.15, -0.1) is 0 Å². The second kappa shape index (κ2) is 7.67. The lowest BCUT2D eigenvalue weighted by atomic mass is 10.2. The Hall–Kier alpha value is -2.77. The van der Waals surface area contributed by atoms with E-state index in [1.165, 1.54) is 4.90 Å². The molecule has 0 aliphatic carbocycles. The quantitative estimate of drug-likeness (QED) is 0.787. The maximum Gasteiger partial charge on any atom is 0.324 e. The number of urea groups is 1. The summed E-state index contributed by atoms with van der Waals surface area (Å²) >= 11 is 0. The van der Waals surface area contributed by atoms with E-state index in [9.17, 15) is 14.4 Å². The van der Waals surface area contributed by atoms with E-state index in [1.807, 2.05) is 13.0 Å². The van der Waals surface area contributed by atoms with Crippen LogP contribution in [0.3, 0.4) is 0 Å². The number of rotatable bonds is 6. The number of aryl methyl sites for hydroxylation is 1. The number of nitrogens with one attached hydrogen (secondary N) is 2. The van der Waals surface area contributed by atoms with Crippen LogP contribution in [-0.4, -0.2) is 68.0 Å². The standard InChI is InChI=1S/C16H22N4O4/c1-11-4-5-12(13(8-11)24-10-15(22)19(2)3)18-9-14(21)20-7-6-17-16(20)23/h4-5,8,18H,6-7,9-10H2,1-3H3,(H,17,23). The molecular weight excluding hydrogens is 312 g/mol. The van der Waals surface area contributed by atoms with Crippen molar-refractivity contribution < 1.29 is 19.1 Å². The largest absolute Gasteiger partial charge is 0.482 e. The maximum absolute atomic E-state index is 12.1. The minimum atomic E-state index is -0.376. The Morgan fingerprint density at radius 3 is 2.75 bits per heavy atom. The van der Waals surface area contributed by atoms with Crippen LogP contribution < -0.4 is 15.4 Å². The summed E-state index contributed by atoms with van der Waals surface area (Å²) in [5, 5.41) is 5.55. The van der Waals surface area contributed by atoms with Crippen LogP contribution in [0, 0.1) is 6.92 Å². The van der Waals surface area contributed by atoms with Crippen molar-refractivity contribution in [1.29, 1.82) is 0 Å². The fourth-order valence-corrected chi connectivity index (χ4v) is 2.14. The molecule has 1 aromatic rings. The summed E-state index contributed by atoms with van der Waals surface area (Å²) in [4.78, 5) is 37.8. The number of hydrogen-bond donors (Lipinski definition) is 2. The van der Waals surface area contributed by atoms with Crippen molar-refractivity contribution in [3.8, 4) is 5.75 Å². The normalized spacial score (nSPS) is 13.5. The van der Waals surface area contributed by atoms with Crippen LogP contribution in [0.1, 0.15) is 5.56 Å². The summed E-state index contributed by atoms with van der Waals surface area (Å²) in [6, 6.07) is 5.06. The van der Waals surface area contributed by atoms with E-state index in [-0.39, 0.29) is 31.0 Å². The van der Waals surface area contributed by atoms with Crippen molar-refractivity contribution in [2.24, 2.45) is 0 Å². The molecule has 0 spiro atoms. The molecule has 1 saturated heterocycles. The summed E-state index contributed by atoms with van der Waals surface area (Å²) < 4.78 is 5.56. The van der Waals surface area contributed by atoms with Gasteiger partial charge in [0.2, 0.25) is 5.91 Å². The SMILES string of the molecule is Cc1ccc(NCC(=O)N2CCNC2=O)c(OCC(=O)N(C)C)c1. The second-order valence-electron chi connectivity index (χ2n) is 5.71. The topological polar surface area (TPSA) is 91.0 Å². The van der Waals surface area contributed by atoms with Crippen molar-refractivity contribution in [3.63, 3.8) is 0 Å². The number of imide groups is 1. The number of carbonyl (C=O) groups is 3. The molecule has 24 heavy (non-hydrogen) atoms. The monoisotopic (exact) mass is 334 g/mol. The third-order valence-electron chi connectivity index (χ3n) is 3.57. The highest BCUT2D eigenvalue weighted by molar-refractivity contribution is 5.97. The number of amides is 4. The van der Waals surface area contributed by atoms with E-state index in [2.05, 4.69) is 10.6 Å². The van der Waals surface area contributed by atoms with Gasteiger partial charge in [-0.1, -0.05) is 6.07 Å². The summed E-state index contributed by atoms with van der Waals surface area (Å²) in [7, 11) is 3.31. The fraction of sp³-hybridized carbons (Fsp3) is 0.438. The Morgan fingerprint density at radius 2 is 2.12 bits per heavy atom. The first-order valence-corrected chi connectivity index (χ1v) is 7.64. The van der Waals surface area contributed by atoms with Crippen molar-refractivity contribution in [1.82, 2.24) is 15.1 Å². The number of carbonyl (C=O) groups excluding carboxylic acids is 3. The van der Waals surface area contributed by atoms with Crippen LogP contribution in [0.5, 0.6) is 5.75 Å². The molecule has 0 atom stereocenters. The molecular formula is C16H22N4O4. The van der Waals surface area contributed by atoms with Crippen LogP contribution in [0.2, 0.25) is 0 Å². The minimum Gasteiger partial charge on any atom is -0.482 e. The summed E-state index contributed by atoms with van der Waals surface area (Å²) in [5.74, 6) is 0.0111. The molecule has 1 aromatic carbocycles. The minimum absolute atomic E-state index is 0.0333. The molecule has 0 aromatic heterocycles. The first kappa shape index (κ1) is 17.6. The zero-order valence-electron chi connectivity index (χ0n) is 14.1. The van der Waals surface area contributed by atoms with Gasteiger partial charge in [-0.2, -0.15) is 0 Å². The molecule has 1 heterocycles. The van der Waals surface area contributed by atoms with Gasteiger partial charge in [-0.3, -0.25) is 14.5 Å². The number of benzene rings is 1. The molecule has 2 rings (SSSR count). The molecule has 130 valence electrons. The van der Waals surface area contributed by atoms with Crippen LogP contribution in [0.25, 0.3) is 0 Å². The van der Waals surface area contributed by atoms with E-state index in [4.69, 9.17) is 4.74 Å². The van der Waals surface area contributed by atoms with Crippen LogP contribution in [-0.2, 0) is 9.59 Å². The maximum atomic E-state index is 12.1. The van der Waals surface area contributed by atoms with E-state index >= 15 is 0 Å². The van der Waals surface area contributed by atoms with Crippen molar-refractivity contribution in [2.45, 2.75) is 6.92 Å². The number of anilines is 1. The first-order chi connectivity index (χ1) is 11.4. The van der Waals surface area contributed by atoms with Gasteiger partial charge in [0.05, 0.1) is 12.2 Å². The highest BCUT2D eigenvalue weighted by Crippen LogP contribution is 2.25. The Morgan fingerprint density at radius 1 is 1.38 bits per heavy atom. The lowest BCUT2D eigenvalue weighted by Crippen LogP contribution is -2.38. The third kappa shape index (κ3) is 4.37. The number of hydrogen-bond acceptors (Lipinski definition) is 5. The predicted molar refractivity (Wildman–Crippen MR) is 89.0 cm³/mol. The average Bonchev–Trinajstić information content (AvgIpc) is 2.97. The van der Waals surface area contributed by atoms with Crippen molar-refractivity contribution >= 4 is 23.5 Å². The van der Waals surface area contributed by atoms with Gasteiger partial charge in [-0.25, -0.2) is 4.79 Å². The third-order valence-corrected chi connectivity index (χ3v) is 3.57. The van der Waals surface area contributed by atoms with Crippen LogP contribution >= 0.6 is 0 Å². The van der Waals surface area contributed by atoms with Gasteiger partial charge in [0.15, 0.2) is 6.61 Å². The second-order valence-corrected chi connectivity index (χ2v) is 5.71. The zero-order valence-corrected chi connectivity index (χ0v) is 14.1. The van der Waals surface area contributed by atoms with E-state index in [0.717, 1.165) is 10.5 Å². The average molecular weight is 334 g/mol. The molecule has 8 heteroatoms. The molecule has 8 nitrogen and oxygen atoms in total. The van der Waals surface area contributed by atoms with Gasteiger partial charge < -0.3 is 20.3 Å². The highest BCUT2D eigenvalue weighted by Gasteiger charge is 2.25. The summed E-state index contributed by atoms with van der Waals surface area (Å²) in [6.07, 6.45) is 0. The smallest absolute Gasteiger partial charge is 0.324 e. The van der Waals surface area contributed by atoms with Crippen LogP contribution in [0.4, 0.5) is 10.5 Å². The van der Waals surface area contributed by atoms with Gasteiger partial charge in [0.25, 0.3) is 5.91 Å². The van der Waals surface area contributed by atoms with Gasteiger partial charge in [-0.05, 0) is 24.6 Å². The van der Waals surface area contributed by atoms with Crippen molar-refractivity contribution in [3.05, 3.63) is 23.8 Å². The highest BCUT2D eigenvalue weighted by atomic mass is 16.5. The molecule has 1 aliphatic heterocycles. The number of likely N-dealkylation sites (N-methyl/N-ethyl adjacent to an activating group) is 1. The summed E-state index contributed by atoms with van der Waals surface area (Å²) in [5.41, 5.74) is 1.57. The van der Waals surface area contributed by atoms with E-state index in [0.29, 0.717) is 24.5 Å². The molecule has 0 unspecified atom stereocenters. The van der Waals surface area contributed by atoms with Gasteiger partial charge >= 0.3 is 6.03 Å². The van der Waals surface area contributed by atoms with Crippen molar-refractivity contribution in [2.75, 3.05) is 45.7 Å². The number of nitrogens with zero attached hydrogens (tertiary/aromatic N) is 2. The molecule has 1 fully saturated rings. The van der Waals surface area contributed by atoms with E-state index < -0.39 is 0 Å². The Balaban J connectivity index is 2.00. The molecule has 0 bridgehead atoms. The molecule has 4 amide bonds. The van der Waals surface area contributed by atoms with Gasteiger partial charge in [0, 0.05) is 27.2 Å². The first-order valence-electron chi connectivity index (χ1n) is 7.64. The summed E-state index contributed by atoms with van der Waals surface area (Å²) in [6.45, 7) is 2.62. The molecule has 0 saturated carbocycles. The molecule has 0 radical (unpaired) electrons. The molecule has 2 N–H and O–H groups in total. The molecule has 1 aliphatic rings.